The summed E-state index contributed by atoms with van der Waals surface area (Å²) in [5.74, 6) is 0.970. The van der Waals surface area contributed by atoms with Crippen LogP contribution in [0.3, 0.4) is 0 Å². The van der Waals surface area contributed by atoms with Crippen LogP contribution in [0.15, 0.2) is 36.5 Å². The normalized spacial score (nSPS) is 21.8. The first-order valence-corrected chi connectivity index (χ1v) is 14.4. The molecule has 2 N–H and O–H groups in total. The minimum atomic E-state index is -0.116. The van der Waals surface area contributed by atoms with Crippen molar-refractivity contribution in [2.75, 3.05) is 25.0 Å². The second-order valence-corrected chi connectivity index (χ2v) is 11.9. The highest BCUT2D eigenvalue weighted by molar-refractivity contribution is 6.37. The first-order chi connectivity index (χ1) is 18.0. The molecule has 0 unspecified atom stereocenters. The van der Waals surface area contributed by atoms with Gasteiger partial charge in [-0.15, -0.1) is 12.4 Å². The maximum absolute atomic E-state index is 13.3. The number of likely N-dealkylation sites (tertiary alicyclic amines) is 1. The third-order valence-corrected chi connectivity index (χ3v) is 8.92. The molecule has 2 aliphatic carbocycles. The number of nitrogens with one attached hydrogen (secondary N) is 1. The van der Waals surface area contributed by atoms with Crippen LogP contribution in [-0.4, -0.2) is 46.4 Å². The lowest BCUT2D eigenvalue weighted by Crippen LogP contribution is -2.33. The molecule has 2 heterocycles. The van der Waals surface area contributed by atoms with Crippen molar-refractivity contribution >= 4 is 58.0 Å². The molecule has 2 aromatic carbocycles. The van der Waals surface area contributed by atoms with Gasteiger partial charge in [-0.1, -0.05) is 29.3 Å². The summed E-state index contributed by atoms with van der Waals surface area (Å²) in [7, 11) is 0. The number of carbonyl (C=O) groups excluding carboxylic acids is 1. The van der Waals surface area contributed by atoms with Crippen molar-refractivity contribution in [3.63, 3.8) is 0 Å². The molecule has 6 rings (SSSR count). The Morgan fingerprint density at radius 3 is 2.32 bits per heavy atom. The maximum atomic E-state index is 13.3. The van der Waals surface area contributed by atoms with Crippen molar-refractivity contribution in [2.24, 2.45) is 11.8 Å². The number of anilines is 1. The number of phenols is 1. The van der Waals surface area contributed by atoms with Gasteiger partial charge in [-0.25, -0.2) is 0 Å². The van der Waals surface area contributed by atoms with Gasteiger partial charge in [0, 0.05) is 30.1 Å². The van der Waals surface area contributed by atoms with E-state index < -0.39 is 0 Å². The standard InChI is InChI=1S/C30H33Cl2N3O2.ClH/c31-25-14-21(15-26(32)30(25)37)20-7-10-27-23(13-20)28(24(16-33-27)29(36)19-5-6-19)34-22-8-3-18(4-9-22)17-35-11-1-2-12-35;/h7,10,13-16,18-19,22,37H,1-6,8-9,11-12,17H2,(H,33,34);1H/t18-,22-;. The fourth-order valence-electron chi connectivity index (χ4n) is 6.04. The molecule has 0 spiro atoms. The van der Waals surface area contributed by atoms with Crippen molar-refractivity contribution in [2.45, 2.75) is 57.4 Å². The zero-order chi connectivity index (χ0) is 25.5. The highest BCUT2D eigenvalue weighted by atomic mass is 35.5. The van der Waals surface area contributed by atoms with Crippen LogP contribution in [0.2, 0.25) is 10.0 Å². The number of hydrogen-bond acceptors (Lipinski definition) is 5. The average Bonchev–Trinajstić information content (AvgIpc) is 3.64. The summed E-state index contributed by atoms with van der Waals surface area (Å²) in [4.78, 5) is 20.6. The molecule has 5 nitrogen and oxygen atoms in total. The van der Waals surface area contributed by atoms with Gasteiger partial charge in [0.15, 0.2) is 11.5 Å². The van der Waals surface area contributed by atoms with Gasteiger partial charge in [0.25, 0.3) is 0 Å². The van der Waals surface area contributed by atoms with E-state index in [1.54, 1.807) is 18.3 Å². The van der Waals surface area contributed by atoms with Crippen LogP contribution in [0.1, 0.15) is 61.7 Å². The molecule has 3 aromatic rings. The second kappa shape index (κ2) is 11.6. The fraction of sp³-hybridized carbons (Fsp3) is 0.467. The Labute approximate surface area is 240 Å². The van der Waals surface area contributed by atoms with Crippen LogP contribution in [0.4, 0.5) is 5.69 Å². The van der Waals surface area contributed by atoms with E-state index in [0.717, 1.165) is 59.3 Å². The number of pyridine rings is 1. The molecule has 1 aliphatic heterocycles. The monoisotopic (exact) mass is 573 g/mol. The SMILES string of the molecule is Cl.O=C(c1cnc2ccc(-c3cc(Cl)c(O)c(Cl)c3)cc2c1N[C@H]1CC[C@H](CN2CCCC2)CC1)C1CC1. The fourth-order valence-corrected chi connectivity index (χ4v) is 6.52. The highest BCUT2D eigenvalue weighted by Crippen LogP contribution is 2.41. The van der Waals surface area contributed by atoms with E-state index in [-0.39, 0.29) is 39.9 Å². The van der Waals surface area contributed by atoms with Crippen molar-refractivity contribution in [1.29, 1.82) is 0 Å². The highest BCUT2D eigenvalue weighted by Gasteiger charge is 2.33. The van der Waals surface area contributed by atoms with Gasteiger partial charge in [0.05, 0.1) is 26.8 Å². The van der Waals surface area contributed by atoms with E-state index in [9.17, 15) is 9.90 Å². The lowest BCUT2D eigenvalue weighted by Gasteiger charge is -2.32. The van der Waals surface area contributed by atoms with Crippen LogP contribution in [-0.2, 0) is 0 Å². The number of carbonyl (C=O) groups is 1. The van der Waals surface area contributed by atoms with Crippen molar-refractivity contribution in [3.05, 3.63) is 52.1 Å². The minimum absolute atomic E-state index is 0. The number of benzene rings is 2. The number of aromatic nitrogens is 1. The molecule has 2 saturated carbocycles. The van der Waals surface area contributed by atoms with Gasteiger partial charge >= 0.3 is 0 Å². The molecule has 1 aromatic heterocycles. The zero-order valence-corrected chi connectivity index (χ0v) is 23.7. The summed E-state index contributed by atoms with van der Waals surface area (Å²) >= 11 is 12.4. The smallest absolute Gasteiger partial charge is 0.169 e. The summed E-state index contributed by atoms with van der Waals surface area (Å²) < 4.78 is 0. The van der Waals surface area contributed by atoms with E-state index in [2.05, 4.69) is 21.3 Å². The number of fused-ring (bicyclic) bond motifs is 1. The average molecular weight is 575 g/mol. The van der Waals surface area contributed by atoms with E-state index in [4.69, 9.17) is 23.2 Å². The number of ketones is 1. The first-order valence-electron chi connectivity index (χ1n) is 13.6. The molecule has 0 bridgehead atoms. The largest absolute Gasteiger partial charge is 0.505 e. The summed E-state index contributed by atoms with van der Waals surface area (Å²) in [6.45, 7) is 3.75. The van der Waals surface area contributed by atoms with Crippen molar-refractivity contribution < 1.29 is 9.90 Å². The van der Waals surface area contributed by atoms with Gasteiger partial charge in [-0.2, -0.15) is 0 Å². The van der Waals surface area contributed by atoms with E-state index >= 15 is 0 Å². The summed E-state index contributed by atoms with van der Waals surface area (Å²) in [6, 6.07) is 9.78. The number of hydrogen-bond donors (Lipinski definition) is 2. The number of halogens is 3. The maximum Gasteiger partial charge on any atom is 0.169 e. The molecular weight excluding hydrogens is 541 g/mol. The van der Waals surface area contributed by atoms with Gasteiger partial charge in [0.2, 0.25) is 0 Å². The summed E-state index contributed by atoms with van der Waals surface area (Å²) in [5, 5.41) is 15.2. The molecule has 0 radical (unpaired) electrons. The van der Waals surface area contributed by atoms with Gasteiger partial charge in [-0.3, -0.25) is 9.78 Å². The predicted molar refractivity (Wildman–Crippen MR) is 158 cm³/mol. The Morgan fingerprint density at radius 2 is 1.66 bits per heavy atom. The predicted octanol–water partition coefficient (Wildman–Crippen LogP) is 8.00. The Balaban J connectivity index is 0.00000294. The van der Waals surface area contributed by atoms with Crippen LogP contribution >= 0.6 is 35.6 Å². The molecular formula is C30H34Cl3N3O2. The van der Waals surface area contributed by atoms with Crippen LogP contribution < -0.4 is 5.32 Å². The van der Waals surface area contributed by atoms with Crippen LogP contribution in [0.5, 0.6) is 5.75 Å². The zero-order valence-electron chi connectivity index (χ0n) is 21.4. The number of aromatic hydroxyl groups is 1. The molecule has 1 saturated heterocycles. The molecule has 38 heavy (non-hydrogen) atoms. The van der Waals surface area contributed by atoms with Crippen molar-refractivity contribution in [3.8, 4) is 16.9 Å². The molecule has 0 atom stereocenters. The molecule has 202 valence electrons. The second-order valence-electron chi connectivity index (χ2n) is 11.1. The third-order valence-electron chi connectivity index (χ3n) is 8.34. The van der Waals surface area contributed by atoms with Crippen molar-refractivity contribution in [1.82, 2.24) is 9.88 Å². The lowest BCUT2D eigenvalue weighted by atomic mass is 9.85. The van der Waals surface area contributed by atoms with Gasteiger partial charge in [-0.05, 0) is 106 Å². The quantitative estimate of drug-likeness (QED) is 0.280. The molecule has 8 heteroatoms. The summed E-state index contributed by atoms with van der Waals surface area (Å²) in [6.07, 6.45) is 11.0. The molecule has 0 amide bonds. The Morgan fingerprint density at radius 1 is 0.974 bits per heavy atom. The number of nitrogens with zero attached hydrogens (tertiary/aromatic N) is 2. The van der Waals surface area contributed by atoms with Crippen LogP contribution in [0.25, 0.3) is 22.0 Å². The number of Topliss-reactive ketones (excluding diaryl/α,β-unsaturated/α-hetero) is 1. The first kappa shape index (κ1) is 27.5. The topological polar surface area (TPSA) is 65.5 Å². The summed E-state index contributed by atoms with van der Waals surface area (Å²) in [5.41, 5.74) is 4.17. The van der Waals surface area contributed by atoms with E-state index in [0.29, 0.717) is 11.6 Å². The van der Waals surface area contributed by atoms with Crippen LogP contribution in [0, 0.1) is 11.8 Å². The number of rotatable bonds is 7. The van der Waals surface area contributed by atoms with Gasteiger partial charge < -0.3 is 15.3 Å². The minimum Gasteiger partial charge on any atom is -0.505 e. The third kappa shape index (κ3) is 5.77. The van der Waals surface area contributed by atoms with E-state index in [1.165, 1.54) is 45.3 Å². The molecule has 3 fully saturated rings. The van der Waals surface area contributed by atoms with Gasteiger partial charge in [0.1, 0.15) is 0 Å². The lowest BCUT2D eigenvalue weighted by molar-refractivity contribution is 0.0968. The van der Waals surface area contributed by atoms with E-state index in [1.807, 2.05) is 12.1 Å². The Hall–Kier alpha value is -2.05. The Bertz CT molecular complexity index is 1310. The number of phenolic OH excluding ortho intramolecular Hbond substituents is 1. The molecule has 3 aliphatic rings. The Kier molecular flexibility index (Phi) is 8.39.